The van der Waals surface area contributed by atoms with E-state index in [2.05, 4.69) is 24.4 Å². The monoisotopic (exact) mass is 233 g/mol. The van der Waals surface area contributed by atoms with E-state index in [1.165, 1.54) is 12.0 Å². The average Bonchev–Trinajstić information content (AvgIpc) is 2.64. The van der Waals surface area contributed by atoms with Crippen molar-refractivity contribution in [3.63, 3.8) is 0 Å². The first-order chi connectivity index (χ1) is 8.33. The summed E-state index contributed by atoms with van der Waals surface area (Å²) in [5.74, 6) is 2.55. The number of nitrogens with one attached hydrogen (secondary N) is 1. The third-order valence-corrected chi connectivity index (χ3v) is 3.52. The molecule has 1 aromatic rings. The van der Waals surface area contributed by atoms with Crippen LogP contribution in [0.3, 0.4) is 0 Å². The van der Waals surface area contributed by atoms with E-state index >= 15 is 0 Å². The highest BCUT2D eigenvalue weighted by Gasteiger charge is 2.23. The number of rotatable bonds is 1. The number of fused-ring (bicyclic) bond motifs is 1. The molecule has 3 heteroatoms. The Balaban J connectivity index is 1.84. The second kappa shape index (κ2) is 4.57. The van der Waals surface area contributed by atoms with E-state index in [0.29, 0.717) is 6.04 Å². The summed E-state index contributed by atoms with van der Waals surface area (Å²) >= 11 is 0. The van der Waals surface area contributed by atoms with Gasteiger partial charge in [-0.1, -0.05) is 13.0 Å². The maximum Gasteiger partial charge on any atom is 0.161 e. The van der Waals surface area contributed by atoms with E-state index in [1.54, 1.807) is 0 Å². The Labute approximate surface area is 102 Å². The maximum atomic E-state index is 5.72. The molecular formula is C14H19NO2. The third-order valence-electron chi connectivity index (χ3n) is 3.52. The van der Waals surface area contributed by atoms with Gasteiger partial charge in [-0.2, -0.15) is 0 Å². The molecule has 1 fully saturated rings. The molecule has 0 spiro atoms. The SMILES string of the molecule is CC1CNC(c2ccc3c(c2)OCCCO3)C1. The zero-order valence-corrected chi connectivity index (χ0v) is 10.2. The third kappa shape index (κ3) is 2.25. The van der Waals surface area contributed by atoms with Crippen LogP contribution in [0.2, 0.25) is 0 Å². The van der Waals surface area contributed by atoms with Crippen LogP contribution in [0.1, 0.15) is 31.4 Å². The molecule has 1 N–H and O–H groups in total. The van der Waals surface area contributed by atoms with Crippen LogP contribution in [0.4, 0.5) is 0 Å². The van der Waals surface area contributed by atoms with Crippen molar-refractivity contribution >= 4 is 0 Å². The first-order valence-electron chi connectivity index (χ1n) is 6.46. The van der Waals surface area contributed by atoms with Crippen molar-refractivity contribution < 1.29 is 9.47 Å². The molecule has 2 aliphatic heterocycles. The van der Waals surface area contributed by atoms with Crippen LogP contribution in [0.5, 0.6) is 11.5 Å². The molecule has 0 aliphatic carbocycles. The fraction of sp³-hybridized carbons (Fsp3) is 0.571. The van der Waals surface area contributed by atoms with Crippen molar-refractivity contribution in [1.29, 1.82) is 0 Å². The number of ether oxygens (including phenoxy) is 2. The zero-order chi connectivity index (χ0) is 11.7. The van der Waals surface area contributed by atoms with Crippen LogP contribution in [0.25, 0.3) is 0 Å². The molecule has 1 saturated heterocycles. The van der Waals surface area contributed by atoms with Gasteiger partial charge in [0.1, 0.15) is 0 Å². The highest BCUT2D eigenvalue weighted by Crippen LogP contribution is 2.35. The molecule has 3 nitrogen and oxygen atoms in total. The number of hydrogen-bond acceptors (Lipinski definition) is 3. The van der Waals surface area contributed by atoms with E-state index in [4.69, 9.17) is 9.47 Å². The molecule has 2 heterocycles. The molecule has 0 aromatic heterocycles. The Morgan fingerprint density at radius 3 is 2.76 bits per heavy atom. The summed E-state index contributed by atoms with van der Waals surface area (Å²) in [4.78, 5) is 0. The lowest BCUT2D eigenvalue weighted by atomic mass is 10.0. The van der Waals surface area contributed by atoms with E-state index in [0.717, 1.165) is 43.6 Å². The Morgan fingerprint density at radius 2 is 2.00 bits per heavy atom. The van der Waals surface area contributed by atoms with Crippen LogP contribution in [0, 0.1) is 5.92 Å². The molecule has 0 amide bonds. The number of hydrogen-bond donors (Lipinski definition) is 1. The minimum Gasteiger partial charge on any atom is -0.490 e. The van der Waals surface area contributed by atoms with Gasteiger partial charge in [-0.3, -0.25) is 0 Å². The van der Waals surface area contributed by atoms with Gasteiger partial charge >= 0.3 is 0 Å². The molecule has 2 atom stereocenters. The highest BCUT2D eigenvalue weighted by atomic mass is 16.5. The van der Waals surface area contributed by atoms with Crippen LogP contribution in [-0.2, 0) is 0 Å². The summed E-state index contributed by atoms with van der Waals surface area (Å²) in [6.45, 7) is 4.91. The van der Waals surface area contributed by atoms with Crippen molar-refractivity contribution in [2.75, 3.05) is 19.8 Å². The molecule has 1 aromatic carbocycles. The molecule has 0 bridgehead atoms. The molecule has 0 radical (unpaired) electrons. The van der Waals surface area contributed by atoms with E-state index < -0.39 is 0 Å². The van der Waals surface area contributed by atoms with Crippen molar-refractivity contribution in [3.8, 4) is 11.5 Å². The van der Waals surface area contributed by atoms with E-state index in [1.807, 2.05) is 6.07 Å². The molecule has 2 aliphatic rings. The fourth-order valence-corrected chi connectivity index (χ4v) is 2.56. The van der Waals surface area contributed by atoms with E-state index in [-0.39, 0.29) is 0 Å². The smallest absolute Gasteiger partial charge is 0.161 e. The molecule has 92 valence electrons. The fourth-order valence-electron chi connectivity index (χ4n) is 2.56. The van der Waals surface area contributed by atoms with Gasteiger partial charge in [0.2, 0.25) is 0 Å². The van der Waals surface area contributed by atoms with Crippen LogP contribution in [0.15, 0.2) is 18.2 Å². The Bertz CT molecular complexity index is 405. The molecule has 0 saturated carbocycles. The summed E-state index contributed by atoms with van der Waals surface area (Å²) in [7, 11) is 0. The van der Waals surface area contributed by atoms with Gasteiger partial charge < -0.3 is 14.8 Å². The lowest BCUT2D eigenvalue weighted by molar-refractivity contribution is 0.297. The minimum atomic E-state index is 0.474. The van der Waals surface area contributed by atoms with Gasteiger partial charge in [0.15, 0.2) is 11.5 Å². The predicted octanol–water partition coefficient (Wildman–Crippen LogP) is 2.52. The van der Waals surface area contributed by atoms with Crippen LogP contribution < -0.4 is 14.8 Å². The Morgan fingerprint density at radius 1 is 1.18 bits per heavy atom. The summed E-state index contributed by atoms with van der Waals surface area (Å²) in [6.07, 6.45) is 2.17. The highest BCUT2D eigenvalue weighted by molar-refractivity contribution is 5.44. The standard InChI is InChI=1S/C14H19NO2/c1-10-7-12(15-9-10)11-3-4-13-14(8-11)17-6-2-5-16-13/h3-4,8,10,12,15H,2,5-7,9H2,1H3. The second-order valence-electron chi connectivity index (χ2n) is 5.06. The van der Waals surface area contributed by atoms with Gasteiger partial charge in [-0.05, 0) is 36.6 Å². The summed E-state index contributed by atoms with van der Waals surface area (Å²) in [5.41, 5.74) is 1.32. The normalized spacial score (nSPS) is 27.8. The van der Waals surface area contributed by atoms with Crippen molar-refractivity contribution in [1.82, 2.24) is 5.32 Å². The molecule has 17 heavy (non-hydrogen) atoms. The maximum absolute atomic E-state index is 5.72. The van der Waals surface area contributed by atoms with Crippen molar-refractivity contribution in [2.24, 2.45) is 5.92 Å². The first kappa shape index (κ1) is 10.9. The Kier molecular flexibility index (Phi) is 2.93. The zero-order valence-electron chi connectivity index (χ0n) is 10.2. The average molecular weight is 233 g/mol. The summed E-state index contributed by atoms with van der Waals surface area (Å²) < 4.78 is 11.4. The van der Waals surface area contributed by atoms with Crippen molar-refractivity contribution in [2.45, 2.75) is 25.8 Å². The molecular weight excluding hydrogens is 214 g/mol. The van der Waals surface area contributed by atoms with Crippen LogP contribution in [-0.4, -0.2) is 19.8 Å². The van der Waals surface area contributed by atoms with Gasteiger partial charge in [0.25, 0.3) is 0 Å². The summed E-state index contributed by atoms with van der Waals surface area (Å²) in [5, 5.41) is 3.55. The lowest BCUT2D eigenvalue weighted by Crippen LogP contribution is -2.13. The molecule has 3 rings (SSSR count). The Hall–Kier alpha value is -1.22. The lowest BCUT2D eigenvalue weighted by Gasteiger charge is -2.14. The van der Waals surface area contributed by atoms with Gasteiger partial charge in [0, 0.05) is 12.5 Å². The minimum absolute atomic E-state index is 0.474. The van der Waals surface area contributed by atoms with Gasteiger partial charge in [0.05, 0.1) is 13.2 Å². The van der Waals surface area contributed by atoms with Gasteiger partial charge in [-0.15, -0.1) is 0 Å². The topological polar surface area (TPSA) is 30.5 Å². The quantitative estimate of drug-likeness (QED) is 0.808. The largest absolute Gasteiger partial charge is 0.490 e. The summed E-state index contributed by atoms with van der Waals surface area (Å²) in [6, 6.07) is 6.81. The van der Waals surface area contributed by atoms with E-state index in [9.17, 15) is 0 Å². The second-order valence-corrected chi connectivity index (χ2v) is 5.06. The van der Waals surface area contributed by atoms with Gasteiger partial charge in [-0.25, -0.2) is 0 Å². The van der Waals surface area contributed by atoms with Crippen molar-refractivity contribution in [3.05, 3.63) is 23.8 Å². The predicted molar refractivity (Wildman–Crippen MR) is 66.6 cm³/mol. The van der Waals surface area contributed by atoms with Crippen LogP contribution >= 0.6 is 0 Å². The first-order valence-corrected chi connectivity index (χ1v) is 6.46. The molecule has 2 unspecified atom stereocenters. The number of benzene rings is 1.